The Hall–Kier alpha value is -2.65. The summed E-state index contributed by atoms with van der Waals surface area (Å²) in [5.41, 5.74) is 4.01. The lowest BCUT2D eigenvalue weighted by Gasteiger charge is -2.22. The molecule has 1 saturated carbocycles. The Balaban J connectivity index is 1.37. The van der Waals surface area contributed by atoms with Crippen LogP contribution in [0.2, 0.25) is 0 Å². The molecule has 0 heterocycles. The molecule has 3 atom stereocenters. The molecule has 0 amide bonds. The van der Waals surface area contributed by atoms with Crippen LogP contribution in [-0.2, 0) is 16.0 Å². The minimum Gasteiger partial charge on any atom is -0.466 e. The molecule has 0 aliphatic heterocycles. The van der Waals surface area contributed by atoms with E-state index < -0.39 is 0 Å². The SMILES string of the molecule is CCOC(=O)CCc1cccc([C@H]2CC[C@H](N[C@H](C)c3cccc4ccccc34)C2)c1. The number of esters is 1. The summed E-state index contributed by atoms with van der Waals surface area (Å²) in [5.74, 6) is 0.472. The number of ether oxygens (including phenoxy) is 1. The van der Waals surface area contributed by atoms with Gasteiger partial charge in [-0.05, 0) is 72.9 Å². The number of fused-ring (bicyclic) bond motifs is 1. The quantitative estimate of drug-likeness (QED) is 0.437. The van der Waals surface area contributed by atoms with Crippen LogP contribution in [0, 0.1) is 0 Å². The standard InChI is InChI=1S/C28H33NO2/c1-3-31-28(30)17-14-21-8-6-11-23(18-21)24-15-16-25(19-24)29-20(2)26-13-7-10-22-9-4-5-12-27(22)26/h4-13,18,20,24-25,29H,3,14-17,19H2,1-2H3/t20-,24+,25+/m1/s1. The second kappa shape index (κ2) is 10.1. The van der Waals surface area contributed by atoms with Crippen molar-refractivity contribution in [2.75, 3.05) is 6.61 Å². The molecule has 3 nitrogen and oxygen atoms in total. The van der Waals surface area contributed by atoms with Crippen LogP contribution in [0.25, 0.3) is 10.8 Å². The number of benzene rings is 3. The summed E-state index contributed by atoms with van der Waals surface area (Å²) >= 11 is 0. The Kier molecular flexibility index (Phi) is 7.03. The molecule has 0 bridgehead atoms. The fourth-order valence-corrected chi connectivity index (χ4v) is 4.99. The number of rotatable bonds is 8. The highest BCUT2D eigenvalue weighted by Crippen LogP contribution is 2.36. The van der Waals surface area contributed by atoms with Gasteiger partial charge in [0.05, 0.1) is 6.61 Å². The van der Waals surface area contributed by atoms with Gasteiger partial charge in [-0.1, -0.05) is 66.7 Å². The average molecular weight is 416 g/mol. The number of hydrogen-bond donors (Lipinski definition) is 1. The molecule has 0 saturated heterocycles. The number of carbonyl (C=O) groups is 1. The van der Waals surface area contributed by atoms with Gasteiger partial charge in [-0.3, -0.25) is 4.79 Å². The van der Waals surface area contributed by atoms with Gasteiger partial charge < -0.3 is 10.1 Å². The third-order valence-electron chi connectivity index (χ3n) is 6.55. The van der Waals surface area contributed by atoms with Crippen LogP contribution in [-0.4, -0.2) is 18.6 Å². The highest BCUT2D eigenvalue weighted by atomic mass is 16.5. The van der Waals surface area contributed by atoms with E-state index in [1.807, 2.05) is 6.92 Å². The van der Waals surface area contributed by atoms with Crippen molar-refractivity contribution < 1.29 is 9.53 Å². The second-order valence-corrected chi connectivity index (χ2v) is 8.71. The largest absolute Gasteiger partial charge is 0.466 e. The zero-order valence-corrected chi connectivity index (χ0v) is 18.6. The normalized spacial score (nSPS) is 19.4. The van der Waals surface area contributed by atoms with Crippen molar-refractivity contribution in [3.05, 3.63) is 83.4 Å². The molecule has 0 aromatic heterocycles. The summed E-state index contributed by atoms with van der Waals surface area (Å²) in [4.78, 5) is 11.7. The summed E-state index contributed by atoms with van der Waals surface area (Å²) in [6.07, 6.45) is 4.78. The first-order chi connectivity index (χ1) is 15.1. The van der Waals surface area contributed by atoms with Crippen molar-refractivity contribution >= 4 is 16.7 Å². The third kappa shape index (κ3) is 5.34. The van der Waals surface area contributed by atoms with Crippen LogP contribution >= 0.6 is 0 Å². The molecule has 1 fully saturated rings. The van der Waals surface area contributed by atoms with E-state index in [0.717, 1.165) is 12.8 Å². The summed E-state index contributed by atoms with van der Waals surface area (Å²) in [7, 11) is 0. The van der Waals surface area contributed by atoms with Crippen molar-refractivity contribution in [1.29, 1.82) is 0 Å². The smallest absolute Gasteiger partial charge is 0.306 e. The maximum Gasteiger partial charge on any atom is 0.306 e. The summed E-state index contributed by atoms with van der Waals surface area (Å²) in [5, 5.41) is 6.54. The lowest BCUT2D eigenvalue weighted by atomic mass is 9.94. The molecule has 1 aliphatic rings. The maximum atomic E-state index is 11.7. The lowest BCUT2D eigenvalue weighted by molar-refractivity contribution is -0.143. The Morgan fingerprint density at radius 1 is 1.06 bits per heavy atom. The predicted molar refractivity (Wildman–Crippen MR) is 127 cm³/mol. The van der Waals surface area contributed by atoms with Gasteiger partial charge in [0, 0.05) is 18.5 Å². The number of aryl methyl sites for hydroxylation is 1. The average Bonchev–Trinajstić information content (AvgIpc) is 3.26. The van der Waals surface area contributed by atoms with Gasteiger partial charge >= 0.3 is 5.97 Å². The molecule has 3 aromatic rings. The van der Waals surface area contributed by atoms with Crippen molar-refractivity contribution in [2.45, 2.75) is 64.0 Å². The van der Waals surface area contributed by atoms with Crippen LogP contribution in [0.5, 0.6) is 0 Å². The summed E-state index contributed by atoms with van der Waals surface area (Å²) in [6.45, 7) is 4.59. The first-order valence-corrected chi connectivity index (χ1v) is 11.6. The minimum absolute atomic E-state index is 0.111. The summed E-state index contributed by atoms with van der Waals surface area (Å²) in [6, 6.07) is 24.9. The van der Waals surface area contributed by atoms with E-state index in [1.54, 1.807) is 0 Å². The van der Waals surface area contributed by atoms with Crippen molar-refractivity contribution in [3.63, 3.8) is 0 Å². The fourth-order valence-electron chi connectivity index (χ4n) is 4.99. The number of hydrogen-bond acceptors (Lipinski definition) is 3. The molecule has 1 aliphatic carbocycles. The van der Waals surface area contributed by atoms with Gasteiger partial charge in [0.15, 0.2) is 0 Å². The van der Waals surface area contributed by atoms with Crippen molar-refractivity contribution in [3.8, 4) is 0 Å². The van der Waals surface area contributed by atoms with Gasteiger partial charge in [-0.15, -0.1) is 0 Å². The second-order valence-electron chi connectivity index (χ2n) is 8.71. The fraction of sp³-hybridized carbons (Fsp3) is 0.393. The lowest BCUT2D eigenvalue weighted by Crippen LogP contribution is -2.29. The molecule has 4 rings (SSSR count). The van der Waals surface area contributed by atoms with Gasteiger partial charge in [0.2, 0.25) is 0 Å². The first-order valence-electron chi connectivity index (χ1n) is 11.6. The number of carbonyl (C=O) groups excluding carboxylic acids is 1. The highest BCUT2D eigenvalue weighted by molar-refractivity contribution is 5.86. The van der Waals surface area contributed by atoms with Gasteiger partial charge in [-0.2, -0.15) is 0 Å². The van der Waals surface area contributed by atoms with E-state index in [9.17, 15) is 4.79 Å². The zero-order valence-electron chi connectivity index (χ0n) is 18.6. The van der Waals surface area contributed by atoms with Gasteiger partial charge in [0.1, 0.15) is 0 Å². The third-order valence-corrected chi connectivity index (χ3v) is 6.55. The molecule has 0 unspecified atom stereocenters. The molecule has 1 N–H and O–H groups in total. The van der Waals surface area contributed by atoms with Crippen LogP contribution in [0.15, 0.2) is 66.7 Å². The molecule has 162 valence electrons. The predicted octanol–water partition coefficient (Wildman–Crippen LogP) is 6.32. The van der Waals surface area contributed by atoms with Gasteiger partial charge in [-0.25, -0.2) is 0 Å². The Bertz CT molecular complexity index is 1020. The monoisotopic (exact) mass is 415 g/mol. The van der Waals surface area contributed by atoms with E-state index in [2.05, 4.69) is 79.0 Å². The van der Waals surface area contributed by atoms with Crippen LogP contribution < -0.4 is 5.32 Å². The number of nitrogens with one attached hydrogen (secondary N) is 1. The van der Waals surface area contributed by atoms with Crippen molar-refractivity contribution in [2.24, 2.45) is 0 Å². The Morgan fingerprint density at radius 2 is 1.87 bits per heavy atom. The topological polar surface area (TPSA) is 38.3 Å². The van der Waals surface area contributed by atoms with Crippen LogP contribution in [0.1, 0.15) is 68.2 Å². The molecule has 0 spiro atoms. The molecule has 0 radical (unpaired) electrons. The van der Waals surface area contributed by atoms with E-state index in [4.69, 9.17) is 4.74 Å². The van der Waals surface area contributed by atoms with E-state index in [0.29, 0.717) is 31.0 Å². The van der Waals surface area contributed by atoms with E-state index in [-0.39, 0.29) is 5.97 Å². The molecule has 3 heteroatoms. The maximum absolute atomic E-state index is 11.7. The van der Waals surface area contributed by atoms with E-state index >= 15 is 0 Å². The summed E-state index contributed by atoms with van der Waals surface area (Å²) < 4.78 is 5.06. The Labute approximate surface area is 185 Å². The van der Waals surface area contributed by atoms with E-state index in [1.165, 1.54) is 40.3 Å². The van der Waals surface area contributed by atoms with Crippen LogP contribution in [0.3, 0.4) is 0 Å². The minimum atomic E-state index is -0.111. The Morgan fingerprint density at radius 3 is 2.74 bits per heavy atom. The van der Waals surface area contributed by atoms with Crippen LogP contribution in [0.4, 0.5) is 0 Å². The molecule has 3 aromatic carbocycles. The molecular formula is C28H33NO2. The first kappa shape index (κ1) is 21.6. The van der Waals surface area contributed by atoms with Crippen molar-refractivity contribution in [1.82, 2.24) is 5.32 Å². The molecular weight excluding hydrogens is 382 g/mol. The highest BCUT2D eigenvalue weighted by Gasteiger charge is 2.27. The zero-order chi connectivity index (χ0) is 21.6. The van der Waals surface area contributed by atoms with Gasteiger partial charge in [0.25, 0.3) is 0 Å². The molecule has 31 heavy (non-hydrogen) atoms.